The zero-order valence-electron chi connectivity index (χ0n) is 14.2. The van der Waals surface area contributed by atoms with Gasteiger partial charge in [-0.05, 0) is 50.4 Å². The summed E-state index contributed by atoms with van der Waals surface area (Å²) in [5, 5.41) is 3.68. The summed E-state index contributed by atoms with van der Waals surface area (Å²) in [4.78, 5) is 2.60. The molecule has 1 fully saturated rings. The molecule has 1 aromatic rings. The fourth-order valence-electron chi connectivity index (χ4n) is 3.87. The van der Waals surface area contributed by atoms with Crippen LogP contribution >= 0.6 is 0 Å². The Morgan fingerprint density at radius 3 is 2.62 bits per heavy atom. The number of nitrogens with one attached hydrogen (secondary N) is 1. The molecule has 0 bridgehead atoms. The Labute approximate surface area is 130 Å². The molecule has 0 heterocycles. The van der Waals surface area contributed by atoms with E-state index in [9.17, 15) is 0 Å². The Hall–Kier alpha value is -0.860. The molecule has 3 unspecified atom stereocenters. The number of rotatable bonds is 6. The lowest BCUT2D eigenvalue weighted by Gasteiger charge is -2.38. The Balaban J connectivity index is 2.07. The SMILES string of the molecule is CCNC(CN(C)C1CCCCC1C)c1ccccc1C. The van der Waals surface area contributed by atoms with Crippen molar-refractivity contribution < 1.29 is 0 Å². The quantitative estimate of drug-likeness (QED) is 0.845. The molecule has 0 aromatic heterocycles. The summed E-state index contributed by atoms with van der Waals surface area (Å²) < 4.78 is 0. The van der Waals surface area contributed by atoms with Crippen LogP contribution in [-0.2, 0) is 0 Å². The number of hydrogen-bond donors (Lipinski definition) is 1. The van der Waals surface area contributed by atoms with Gasteiger partial charge in [0.15, 0.2) is 0 Å². The van der Waals surface area contributed by atoms with Gasteiger partial charge >= 0.3 is 0 Å². The first-order valence-electron chi connectivity index (χ1n) is 8.62. The first kappa shape index (κ1) is 16.5. The molecule has 0 saturated heterocycles. The largest absolute Gasteiger partial charge is 0.309 e. The standard InChI is InChI=1S/C19H32N2/c1-5-20-18(17-12-8-6-10-15(17)2)14-21(4)19-13-9-7-11-16(19)3/h6,8,10,12,16,18-20H,5,7,9,11,13-14H2,1-4H3. The van der Waals surface area contributed by atoms with E-state index in [1.54, 1.807) is 0 Å². The fourth-order valence-corrected chi connectivity index (χ4v) is 3.87. The summed E-state index contributed by atoms with van der Waals surface area (Å²) >= 11 is 0. The van der Waals surface area contributed by atoms with Gasteiger partial charge < -0.3 is 10.2 Å². The number of nitrogens with zero attached hydrogens (tertiary/aromatic N) is 1. The second-order valence-corrected chi connectivity index (χ2v) is 6.74. The van der Waals surface area contributed by atoms with Gasteiger partial charge in [-0.15, -0.1) is 0 Å². The molecular weight excluding hydrogens is 256 g/mol. The molecule has 21 heavy (non-hydrogen) atoms. The first-order chi connectivity index (χ1) is 10.1. The second kappa shape index (κ2) is 7.95. The predicted molar refractivity (Wildman–Crippen MR) is 91.6 cm³/mol. The topological polar surface area (TPSA) is 15.3 Å². The summed E-state index contributed by atoms with van der Waals surface area (Å²) in [6.07, 6.45) is 5.57. The monoisotopic (exact) mass is 288 g/mol. The molecule has 1 aliphatic carbocycles. The van der Waals surface area contributed by atoms with Crippen LogP contribution in [0.5, 0.6) is 0 Å². The Morgan fingerprint density at radius 2 is 1.95 bits per heavy atom. The molecule has 1 aliphatic rings. The Bertz CT molecular complexity index is 429. The van der Waals surface area contributed by atoms with Crippen LogP contribution in [0.4, 0.5) is 0 Å². The normalized spacial score (nSPS) is 24.2. The Morgan fingerprint density at radius 1 is 1.24 bits per heavy atom. The minimum Gasteiger partial charge on any atom is -0.309 e. The summed E-state index contributed by atoms with van der Waals surface area (Å²) in [7, 11) is 2.31. The van der Waals surface area contributed by atoms with E-state index in [0.717, 1.165) is 25.0 Å². The maximum atomic E-state index is 3.68. The van der Waals surface area contributed by atoms with Crippen LogP contribution in [0.15, 0.2) is 24.3 Å². The highest BCUT2D eigenvalue weighted by molar-refractivity contribution is 5.29. The van der Waals surface area contributed by atoms with Crippen molar-refractivity contribution in [3.05, 3.63) is 35.4 Å². The van der Waals surface area contributed by atoms with Crippen molar-refractivity contribution in [3.63, 3.8) is 0 Å². The summed E-state index contributed by atoms with van der Waals surface area (Å²) in [5.41, 5.74) is 2.85. The predicted octanol–water partition coefficient (Wildman–Crippen LogP) is 4.16. The number of likely N-dealkylation sites (N-methyl/N-ethyl adjacent to an activating group) is 2. The molecule has 0 spiro atoms. The van der Waals surface area contributed by atoms with Gasteiger partial charge in [0, 0.05) is 18.6 Å². The van der Waals surface area contributed by atoms with E-state index in [4.69, 9.17) is 0 Å². The lowest BCUT2D eigenvalue weighted by molar-refractivity contribution is 0.128. The van der Waals surface area contributed by atoms with Crippen LogP contribution in [0, 0.1) is 12.8 Å². The van der Waals surface area contributed by atoms with Crippen molar-refractivity contribution in [2.24, 2.45) is 5.92 Å². The molecule has 0 amide bonds. The molecule has 118 valence electrons. The molecule has 1 saturated carbocycles. The van der Waals surface area contributed by atoms with Gasteiger partial charge in [0.2, 0.25) is 0 Å². The molecule has 1 aromatic carbocycles. The lowest BCUT2D eigenvalue weighted by atomic mass is 9.84. The molecule has 1 N–H and O–H groups in total. The minimum atomic E-state index is 0.440. The van der Waals surface area contributed by atoms with Gasteiger partial charge in [-0.3, -0.25) is 0 Å². The van der Waals surface area contributed by atoms with Crippen molar-refractivity contribution >= 4 is 0 Å². The third kappa shape index (κ3) is 4.31. The number of benzene rings is 1. The molecular formula is C19H32N2. The smallest absolute Gasteiger partial charge is 0.0451 e. The van der Waals surface area contributed by atoms with Gasteiger partial charge in [-0.1, -0.05) is 51.0 Å². The van der Waals surface area contributed by atoms with Crippen molar-refractivity contribution in [1.29, 1.82) is 0 Å². The molecule has 0 radical (unpaired) electrons. The number of aryl methyl sites for hydroxylation is 1. The highest BCUT2D eigenvalue weighted by Crippen LogP contribution is 2.29. The zero-order chi connectivity index (χ0) is 15.2. The molecule has 2 heteroatoms. The average molecular weight is 288 g/mol. The molecule has 0 aliphatic heterocycles. The average Bonchev–Trinajstić information content (AvgIpc) is 2.47. The van der Waals surface area contributed by atoms with Crippen LogP contribution in [0.25, 0.3) is 0 Å². The van der Waals surface area contributed by atoms with Crippen molar-refractivity contribution in [1.82, 2.24) is 10.2 Å². The van der Waals surface area contributed by atoms with E-state index in [1.807, 2.05) is 0 Å². The van der Waals surface area contributed by atoms with Gasteiger partial charge in [0.25, 0.3) is 0 Å². The van der Waals surface area contributed by atoms with Gasteiger partial charge in [-0.25, -0.2) is 0 Å². The van der Waals surface area contributed by atoms with E-state index in [2.05, 4.69) is 62.3 Å². The molecule has 2 nitrogen and oxygen atoms in total. The van der Waals surface area contributed by atoms with Crippen LogP contribution < -0.4 is 5.32 Å². The van der Waals surface area contributed by atoms with E-state index < -0.39 is 0 Å². The van der Waals surface area contributed by atoms with Gasteiger partial charge in [0.1, 0.15) is 0 Å². The van der Waals surface area contributed by atoms with Crippen molar-refractivity contribution in [2.45, 2.75) is 58.5 Å². The number of hydrogen-bond acceptors (Lipinski definition) is 2. The molecule has 2 rings (SSSR count). The third-order valence-electron chi connectivity index (χ3n) is 5.12. The van der Waals surface area contributed by atoms with Gasteiger partial charge in [-0.2, -0.15) is 0 Å². The molecule has 3 atom stereocenters. The first-order valence-corrected chi connectivity index (χ1v) is 8.62. The van der Waals surface area contributed by atoms with Gasteiger partial charge in [0.05, 0.1) is 0 Å². The van der Waals surface area contributed by atoms with Crippen LogP contribution in [0.3, 0.4) is 0 Å². The zero-order valence-corrected chi connectivity index (χ0v) is 14.2. The van der Waals surface area contributed by atoms with E-state index in [0.29, 0.717) is 6.04 Å². The van der Waals surface area contributed by atoms with Crippen LogP contribution in [0.2, 0.25) is 0 Å². The van der Waals surface area contributed by atoms with Crippen LogP contribution in [-0.4, -0.2) is 31.1 Å². The third-order valence-corrected chi connectivity index (χ3v) is 5.12. The van der Waals surface area contributed by atoms with Crippen LogP contribution in [0.1, 0.15) is 56.7 Å². The van der Waals surface area contributed by atoms with Crippen molar-refractivity contribution in [3.8, 4) is 0 Å². The van der Waals surface area contributed by atoms with E-state index in [1.165, 1.54) is 36.8 Å². The summed E-state index contributed by atoms with van der Waals surface area (Å²) in [5.74, 6) is 0.836. The summed E-state index contributed by atoms with van der Waals surface area (Å²) in [6, 6.07) is 9.99. The highest BCUT2D eigenvalue weighted by Gasteiger charge is 2.26. The maximum absolute atomic E-state index is 3.68. The second-order valence-electron chi connectivity index (χ2n) is 6.74. The van der Waals surface area contributed by atoms with E-state index in [-0.39, 0.29) is 0 Å². The maximum Gasteiger partial charge on any atom is 0.0451 e. The fraction of sp³-hybridized carbons (Fsp3) is 0.684. The minimum absolute atomic E-state index is 0.440. The van der Waals surface area contributed by atoms with E-state index >= 15 is 0 Å². The Kier molecular flexibility index (Phi) is 6.25. The lowest BCUT2D eigenvalue weighted by Crippen LogP contribution is -2.43. The van der Waals surface area contributed by atoms with Crippen molar-refractivity contribution in [2.75, 3.05) is 20.1 Å². The summed E-state index contributed by atoms with van der Waals surface area (Å²) in [6.45, 7) is 8.98. The highest BCUT2D eigenvalue weighted by atomic mass is 15.2.